The van der Waals surface area contributed by atoms with Crippen LogP contribution in [0.15, 0.2) is 67.0 Å². The van der Waals surface area contributed by atoms with E-state index in [0.29, 0.717) is 19.8 Å². The molecule has 0 aliphatic carbocycles. The molecule has 138 valence electrons. The molecule has 1 N–H and O–H groups in total. The first-order chi connectivity index (χ1) is 13.4. The summed E-state index contributed by atoms with van der Waals surface area (Å²) in [6.45, 7) is 3.55. The molecule has 27 heavy (non-hydrogen) atoms. The monoisotopic (exact) mass is 360 g/mol. The van der Waals surface area contributed by atoms with Crippen LogP contribution in [0.1, 0.15) is 16.7 Å². The molecular weight excluding hydrogens is 336 g/mol. The lowest BCUT2D eigenvalue weighted by atomic mass is 9.98. The summed E-state index contributed by atoms with van der Waals surface area (Å²) in [4.78, 5) is 4.12. The molecule has 1 aliphatic heterocycles. The van der Waals surface area contributed by atoms with E-state index in [9.17, 15) is 0 Å². The first-order valence-electron chi connectivity index (χ1n) is 9.41. The van der Waals surface area contributed by atoms with Crippen LogP contribution >= 0.6 is 0 Å². The topological polar surface area (TPSA) is 43.4 Å². The summed E-state index contributed by atoms with van der Waals surface area (Å²) < 4.78 is 11.7. The standard InChI is InChI=1S/C23H24N2O2/c1-2-18-14-19(3-1)17-25-10-11-26-12-13-27-23-5-4-21(16-22(23)15-18)20-6-8-24-9-7-20/h1-9,14,16,25H,10-13,15,17H2. The van der Waals surface area contributed by atoms with Crippen molar-refractivity contribution in [3.05, 3.63) is 83.7 Å². The fraction of sp³-hybridized carbons (Fsp3) is 0.261. The molecule has 0 spiro atoms. The number of nitrogens with zero attached hydrogens (tertiary/aromatic N) is 1. The molecule has 2 aromatic carbocycles. The number of benzene rings is 2. The second kappa shape index (κ2) is 8.80. The lowest BCUT2D eigenvalue weighted by molar-refractivity contribution is 0.101. The number of aromatic nitrogens is 1. The summed E-state index contributed by atoms with van der Waals surface area (Å²) in [5, 5.41) is 3.43. The highest BCUT2D eigenvalue weighted by Crippen LogP contribution is 2.28. The smallest absolute Gasteiger partial charge is 0.122 e. The van der Waals surface area contributed by atoms with Gasteiger partial charge in [-0.3, -0.25) is 4.98 Å². The van der Waals surface area contributed by atoms with E-state index in [-0.39, 0.29) is 0 Å². The van der Waals surface area contributed by atoms with Crippen LogP contribution in [0.2, 0.25) is 0 Å². The Balaban J connectivity index is 1.68. The van der Waals surface area contributed by atoms with Crippen LogP contribution in [0.3, 0.4) is 0 Å². The number of pyridine rings is 1. The summed E-state index contributed by atoms with van der Waals surface area (Å²) in [6.07, 6.45) is 4.49. The van der Waals surface area contributed by atoms with E-state index in [2.05, 4.69) is 52.8 Å². The Labute approximate surface area is 160 Å². The highest BCUT2D eigenvalue weighted by Gasteiger charge is 2.09. The molecule has 0 saturated carbocycles. The van der Waals surface area contributed by atoms with Gasteiger partial charge in [0.05, 0.1) is 13.2 Å². The lowest BCUT2D eigenvalue weighted by Gasteiger charge is -2.15. The Kier molecular flexibility index (Phi) is 5.77. The van der Waals surface area contributed by atoms with Gasteiger partial charge in [-0.15, -0.1) is 0 Å². The Bertz CT molecular complexity index is 881. The molecule has 2 bridgehead atoms. The fourth-order valence-corrected chi connectivity index (χ4v) is 3.34. The van der Waals surface area contributed by atoms with E-state index in [0.717, 1.165) is 30.8 Å². The molecule has 4 rings (SSSR count). The van der Waals surface area contributed by atoms with Crippen LogP contribution in [0.4, 0.5) is 0 Å². The fourth-order valence-electron chi connectivity index (χ4n) is 3.34. The molecule has 0 amide bonds. The van der Waals surface area contributed by atoms with Gasteiger partial charge in [0.1, 0.15) is 12.4 Å². The zero-order valence-corrected chi connectivity index (χ0v) is 15.4. The van der Waals surface area contributed by atoms with Crippen molar-refractivity contribution in [1.82, 2.24) is 10.3 Å². The van der Waals surface area contributed by atoms with Gasteiger partial charge in [0.15, 0.2) is 0 Å². The Morgan fingerprint density at radius 2 is 1.70 bits per heavy atom. The van der Waals surface area contributed by atoms with Crippen molar-refractivity contribution >= 4 is 0 Å². The Morgan fingerprint density at radius 3 is 2.63 bits per heavy atom. The van der Waals surface area contributed by atoms with Crippen molar-refractivity contribution in [2.45, 2.75) is 13.0 Å². The summed E-state index contributed by atoms with van der Waals surface area (Å²) in [6, 6.07) is 19.2. The predicted molar refractivity (Wildman–Crippen MR) is 107 cm³/mol. The van der Waals surface area contributed by atoms with E-state index < -0.39 is 0 Å². The quantitative estimate of drug-likeness (QED) is 0.716. The minimum atomic E-state index is 0.557. The van der Waals surface area contributed by atoms with Crippen LogP contribution in [-0.4, -0.2) is 31.3 Å². The van der Waals surface area contributed by atoms with E-state index in [1.807, 2.05) is 24.5 Å². The third-order valence-corrected chi connectivity index (χ3v) is 4.70. The van der Waals surface area contributed by atoms with Crippen LogP contribution in [-0.2, 0) is 17.7 Å². The number of nitrogens with one attached hydrogen (secondary N) is 1. The number of hydrogen-bond donors (Lipinski definition) is 1. The minimum Gasteiger partial charge on any atom is -0.491 e. The van der Waals surface area contributed by atoms with Crippen molar-refractivity contribution < 1.29 is 9.47 Å². The van der Waals surface area contributed by atoms with E-state index >= 15 is 0 Å². The molecule has 3 aromatic rings. The first kappa shape index (κ1) is 17.7. The van der Waals surface area contributed by atoms with Crippen LogP contribution < -0.4 is 10.1 Å². The second-order valence-corrected chi connectivity index (χ2v) is 6.69. The maximum atomic E-state index is 6.04. The van der Waals surface area contributed by atoms with Gasteiger partial charge in [0, 0.05) is 31.9 Å². The molecule has 4 heteroatoms. The molecule has 1 aromatic heterocycles. The van der Waals surface area contributed by atoms with Crippen molar-refractivity contribution in [3.63, 3.8) is 0 Å². The third-order valence-electron chi connectivity index (χ3n) is 4.70. The van der Waals surface area contributed by atoms with Gasteiger partial charge in [-0.25, -0.2) is 0 Å². The SMILES string of the molecule is c1cc2cc(c1)Cc1cc(-c3ccncc3)ccc1OCCOCCNC2. The van der Waals surface area contributed by atoms with Crippen molar-refractivity contribution in [1.29, 1.82) is 0 Å². The van der Waals surface area contributed by atoms with Gasteiger partial charge in [0.2, 0.25) is 0 Å². The van der Waals surface area contributed by atoms with E-state index in [4.69, 9.17) is 9.47 Å². The average Bonchev–Trinajstić information content (AvgIpc) is 2.71. The Morgan fingerprint density at radius 1 is 0.815 bits per heavy atom. The zero-order valence-electron chi connectivity index (χ0n) is 15.4. The summed E-state index contributed by atoms with van der Waals surface area (Å²) >= 11 is 0. The first-order valence-corrected chi connectivity index (χ1v) is 9.41. The van der Waals surface area contributed by atoms with Crippen LogP contribution in [0.25, 0.3) is 11.1 Å². The number of hydrogen-bond acceptors (Lipinski definition) is 4. The van der Waals surface area contributed by atoms with Gasteiger partial charge >= 0.3 is 0 Å². The maximum Gasteiger partial charge on any atom is 0.122 e. The Hall–Kier alpha value is -2.69. The van der Waals surface area contributed by atoms with Crippen LogP contribution in [0.5, 0.6) is 5.75 Å². The second-order valence-electron chi connectivity index (χ2n) is 6.69. The summed E-state index contributed by atoms with van der Waals surface area (Å²) in [5.41, 5.74) is 6.10. The van der Waals surface area contributed by atoms with Gasteiger partial charge < -0.3 is 14.8 Å². The zero-order chi connectivity index (χ0) is 18.3. The normalized spacial score (nSPS) is 15.3. The minimum absolute atomic E-state index is 0.557. The van der Waals surface area contributed by atoms with Crippen molar-refractivity contribution in [2.24, 2.45) is 0 Å². The molecule has 0 atom stereocenters. The predicted octanol–water partition coefficient (Wildman–Crippen LogP) is 3.84. The molecular formula is C23H24N2O2. The molecule has 2 heterocycles. The summed E-state index contributed by atoms with van der Waals surface area (Å²) in [7, 11) is 0. The third kappa shape index (κ3) is 4.73. The lowest BCUT2D eigenvalue weighted by Crippen LogP contribution is -2.21. The number of ether oxygens (including phenoxy) is 2. The average molecular weight is 360 g/mol. The van der Waals surface area contributed by atoms with Gasteiger partial charge in [0.25, 0.3) is 0 Å². The largest absolute Gasteiger partial charge is 0.491 e. The molecule has 1 aliphatic rings. The summed E-state index contributed by atoms with van der Waals surface area (Å²) in [5.74, 6) is 0.928. The van der Waals surface area contributed by atoms with Crippen LogP contribution in [0, 0.1) is 0 Å². The number of rotatable bonds is 1. The van der Waals surface area contributed by atoms with Gasteiger partial charge in [-0.2, -0.15) is 0 Å². The van der Waals surface area contributed by atoms with E-state index in [1.54, 1.807) is 0 Å². The van der Waals surface area contributed by atoms with Crippen molar-refractivity contribution in [3.8, 4) is 16.9 Å². The molecule has 0 fully saturated rings. The molecule has 0 radical (unpaired) electrons. The molecule has 0 unspecified atom stereocenters. The highest BCUT2D eigenvalue weighted by molar-refractivity contribution is 5.65. The maximum absolute atomic E-state index is 6.04. The van der Waals surface area contributed by atoms with Gasteiger partial charge in [-0.05, 0) is 52.1 Å². The van der Waals surface area contributed by atoms with Gasteiger partial charge in [-0.1, -0.05) is 30.3 Å². The van der Waals surface area contributed by atoms with Crippen molar-refractivity contribution in [2.75, 3.05) is 26.4 Å². The molecule has 0 saturated heterocycles. The molecule has 4 nitrogen and oxygen atoms in total. The van der Waals surface area contributed by atoms with E-state index in [1.165, 1.54) is 22.3 Å². The number of fused-ring (bicyclic) bond motifs is 3. The highest BCUT2D eigenvalue weighted by atomic mass is 16.5.